The van der Waals surface area contributed by atoms with Crippen LogP contribution in [-0.2, 0) is 46.9 Å². The molecule has 3 aromatic carbocycles. The summed E-state index contributed by atoms with van der Waals surface area (Å²) in [4.78, 5) is 14.2. The van der Waals surface area contributed by atoms with E-state index >= 15 is 0 Å². The number of carbonyl (C=O) groups is 1. The van der Waals surface area contributed by atoms with Gasteiger partial charge in [-0.1, -0.05) is 72.3 Å². The van der Waals surface area contributed by atoms with Gasteiger partial charge in [-0.3, -0.25) is 0 Å². The lowest BCUT2D eigenvalue weighted by Crippen LogP contribution is -2.67. The van der Waals surface area contributed by atoms with E-state index in [-0.39, 0.29) is 11.5 Å². The molecule has 9 nitrogen and oxygen atoms in total. The van der Waals surface area contributed by atoms with E-state index in [2.05, 4.69) is 0 Å². The van der Waals surface area contributed by atoms with Gasteiger partial charge in [0.05, 0.1) is 30.3 Å². The fourth-order valence-corrected chi connectivity index (χ4v) is 8.12. The number of hydrogen-bond acceptors (Lipinski definition) is 8. The van der Waals surface area contributed by atoms with Crippen LogP contribution in [0, 0.1) is 6.92 Å². The molecule has 6 rings (SSSR count). The maximum Gasteiger partial charge on any atom is 0.424 e. The SMILES string of the molecule is Cc1ccc(S(=O)(=O)N(C(=O)OC(C)(C)C)[C@H]2[C@@H]3OC(C)(C)O[C@@H]3[C@@H](OCc3ccccc3)[C@@H]3OCc4ccccc4[C@@H]32)cc1. The third-order valence-electron chi connectivity index (χ3n) is 8.42. The molecular weight excluding hydrogens is 594 g/mol. The van der Waals surface area contributed by atoms with Gasteiger partial charge in [0.25, 0.3) is 10.0 Å². The van der Waals surface area contributed by atoms with Crippen molar-refractivity contribution in [3.8, 4) is 0 Å². The van der Waals surface area contributed by atoms with Crippen LogP contribution in [0.15, 0.2) is 83.8 Å². The quantitative estimate of drug-likeness (QED) is 0.321. The zero-order valence-corrected chi connectivity index (χ0v) is 27.3. The van der Waals surface area contributed by atoms with E-state index in [9.17, 15) is 13.2 Å². The van der Waals surface area contributed by atoms with Crippen LogP contribution in [0.1, 0.15) is 62.8 Å². The maximum absolute atomic E-state index is 14.7. The number of benzene rings is 3. The molecule has 2 heterocycles. The summed E-state index contributed by atoms with van der Waals surface area (Å²) in [6.45, 7) is 11.1. The van der Waals surface area contributed by atoms with Crippen molar-refractivity contribution in [2.24, 2.45) is 0 Å². The van der Waals surface area contributed by atoms with E-state index in [0.717, 1.165) is 26.6 Å². The molecular formula is C35H41NO8S. The first-order valence-electron chi connectivity index (χ1n) is 15.3. The van der Waals surface area contributed by atoms with Crippen LogP contribution in [0.4, 0.5) is 4.79 Å². The summed E-state index contributed by atoms with van der Waals surface area (Å²) >= 11 is 0. The van der Waals surface area contributed by atoms with Gasteiger partial charge in [-0.2, -0.15) is 4.31 Å². The van der Waals surface area contributed by atoms with Crippen molar-refractivity contribution in [2.75, 3.05) is 0 Å². The van der Waals surface area contributed by atoms with Gasteiger partial charge in [-0.05, 0) is 70.4 Å². The number of fused-ring (bicyclic) bond motifs is 4. The Hall–Kier alpha value is -3.28. The summed E-state index contributed by atoms with van der Waals surface area (Å²) in [7, 11) is -4.46. The normalized spacial score (nSPS) is 27.2. The predicted molar refractivity (Wildman–Crippen MR) is 167 cm³/mol. The standard InChI is InChI=1S/C35H41NO8S/c1-22-16-18-25(19-17-22)45(38,39)36(33(37)44-34(2,3)4)28-27-26-15-11-10-14-24(26)21-41-29(27)31(32-30(28)42-35(5,6)43-32)40-20-23-12-8-7-9-13-23/h7-19,27-32H,20-21H2,1-6H3/t27-,28-,29-,30+,31+,32+/m1/s1. The Morgan fingerprint density at radius 3 is 2.24 bits per heavy atom. The van der Waals surface area contributed by atoms with Gasteiger partial charge in [0, 0.05) is 5.92 Å². The van der Waals surface area contributed by atoms with E-state index in [1.54, 1.807) is 46.8 Å². The molecule has 3 aromatic rings. The van der Waals surface area contributed by atoms with Crippen LogP contribution in [0.2, 0.25) is 0 Å². The Bertz CT molecular complexity index is 1630. The molecule has 1 saturated carbocycles. The minimum Gasteiger partial charge on any atom is -0.443 e. The van der Waals surface area contributed by atoms with Crippen LogP contribution >= 0.6 is 0 Å². The zero-order chi connectivity index (χ0) is 32.1. The molecule has 0 spiro atoms. The van der Waals surface area contributed by atoms with Gasteiger partial charge in [0.2, 0.25) is 0 Å². The van der Waals surface area contributed by atoms with Crippen molar-refractivity contribution in [2.45, 2.75) is 107 Å². The second kappa shape index (κ2) is 11.8. The minimum absolute atomic E-state index is 0.0299. The van der Waals surface area contributed by atoms with E-state index in [1.807, 2.05) is 61.5 Å². The average Bonchev–Trinajstić information content (AvgIpc) is 3.30. The lowest BCUT2D eigenvalue weighted by molar-refractivity contribution is -0.190. The molecule has 0 N–H and O–H groups in total. The summed E-state index contributed by atoms with van der Waals surface area (Å²) < 4.78 is 62.2. The highest BCUT2D eigenvalue weighted by Gasteiger charge is 2.64. The number of aryl methyl sites for hydroxylation is 1. The first kappa shape index (κ1) is 31.7. The topological polar surface area (TPSA) is 101 Å². The summed E-state index contributed by atoms with van der Waals surface area (Å²) in [6, 6.07) is 22.9. The summed E-state index contributed by atoms with van der Waals surface area (Å²) in [6.07, 6.45) is -3.94. The fraction of sp³-hybridized carbons (Fsp3) is 0.457. The van der Waals surface area contributed by atoms with Gasteiger partial charge < -0.3 is 23.7 Å². The van der Waals surface area contributed by atoms with Gasteiger partial charge >= 0.3 is 6.09 Å². The molecule has 0 bridgehead atoms. The third kappa shape index (κ3) is 6.26. The highest BCUT2D eigenvalue weighted by Crippen LogP contribution is 2.51. The highest BCUT2D eigenvalue weighted by atomic mass is 32.2. The number of nitrogens with zero attached hydrogens (tertiary/aromatic N) is 1. The molecule has 2 fully saturated rings. The molecule has 240 valence electrons. The van der Waals surface area contributed by atoms with Crippen molar-refractivity contribution < 1.29 is 36.9 Å². The molecule has 1 aliphatic carbocycles. The van der Waals surface area contributed by atoms with Crippen molar-refractivity contribution in [3.63, 3.8) is 0 Å². The number of carbonyl (C=O) groups excluding carboxylic acids is 1. The monoisotopic (exact) mass is 635 g/mol. The largest absolute Gasteiger partial charge is 0.443 e. The average molecular weight is 636 g/mol. The van der Waals surface area contributed by atoms with Gasteiger partial charge in [0.1, 0.15) is 23.9 Å². The summed E-state index contributed by atoms with van der Waals surface area (Å²) in [5.74, 6) is -1.75. The molecule has 1 amide bonds. The number of sulfonamides is 1. The van der Waals surface area contributed by atoms with Crippen molar-refractivity contribution in [1.82, 2.24) is 4.31 Å². The number of hydrogen-bond donors (Lipinski definition) is 0. The molecule has 0 unspecified atom stereocenters. The first-order chi connectivity index (χ1) is 21.2. The number of amides is 1. The first-order valence-corrected chi connectivity index (χ1v) is 16.7. The lowest BCUT2D eigenvalue weighted by Gasteiger charge is -2.52. The van der Waals surface area contributed by atoms with Crippen LogP contribution in [0.3, 0.4) is 0 Å². The van der Waals surface area contributed by atoms with Crippen LogP contribution < -0.4 is 0 Å². The van der Waals surface area contributed by atoms with E-state index < -0.39 is 63.9 Å². The predicted octanol–water partition coefficient (Wildman–Crippen LogP) is 6.09. The van der Waals surface area contributed by atoms with Crippen LogP contribution in [0.25, 0.3) is 0 Å². The minimum atomic E-state index is -4.46. The number of ether oxygens (including phenoxy) is 5. The third-order valence-corrected chi connectivity index (χ3v) is 10.2. The molecule has 45 heavy (non-hydrogen) atoms. The van der Waals surface area contributed by atoms with E-state index in [4.69, 9.17) is 23.7 Å². The Morgan fingerprint density at radius 1 is 0.911 bits per heavy atom. The van der Waals surface area contributed by atoms with Crippen molar-refractivity contribution in [1.29, 1.82) is 0 Å². The maximum atomic E-state index is 14.7. The van der Waals surface area contributed by atoms with Crippen molar-refractivity contribution in [3.05, 3.63) is 101 Å². The Labute approximate surface area is 265 Å². The molecule has 6 atom stereocenters. The van der Waals surface area contributed by atoms with Crippen molar-refractivity contribution >= 4 is 16.1 Å². The Balaban J connectivity index is 1.52. The zero-order valence-electron chi connectivity index (χ0n) is 26.5. The molecule has 10 heteroatoms. The molecule has 0 radical (unpaired) electrons. The number of rotatable bonds is 6. The highest BCUT2D eigenvalue weighted by molar-refractivity contribution is 7.89. The Kier molecular flexibility index (Phi) is 8.33. The fourth-order valence-electron chi connectivity index (χ4n) is 6.61. The molecule has 1 saturated heterocycles. The summed E-state index contributed by atoms with van der Waals surface area (Å²) in [5.41, 5.74) is 2.66. The second-order valence-electron chi connectivity index (χ2n) is 13.4. The Morgan fingerprint density at radius 2 is 1.56 bits per heavy atom. The molecule has 3 aliphatic rings. The molecule has 0 aromatic heterocycles. The van der Waals surface area contributed by atoms with Gasteiger partial charge in [-0.25, -0.2) is 13.2 Å². The van der Waals surface area contributed by atoms with Crippen LogP contribution in [-0.4, -0.2) is 60.7 Å². The lowest BCUT2D eigenvalue weighted by atomic mass is 9.71. The van der Waals surface area contributed by atoms with Crippen LogP contribution in [0.5, 0.6) is 0 Å². The molecule has 2 aliphatic heterocycles. The van der Waals surface area contributed by atoms with E-state index in [1.165, 1.54) is 12.1 Å². The second-order valence-corrected chi connectivity index (χ2v) is 15.2. The van der Waals surface area contributed by atoms with Gasteiger partial charge in [-0.15, -0.1) is 0 Å². The van der Waals surface area contributed by atoms with E-state index in [0.29, 0.717) is 6.61 Å². The smallest absolute Gasteiger partial charge is 0.424 e. The van der Waals surface area contributed by atoms with Gasteiger partial charge in [0.15, 0.2) is 5.79 Å². The summed E-state index contributed by atoms with van der Waals surface area (Å²) in [5, 5.41) is 0.